The zero-order valence-electron chi connectivity index (χ0n) is 19.3. The molecule has 4 rings (SSSR count). The molecule has 1 aromatic carbocycles. The smallest absolute Gasteiger partial charge is 0.414 e. The zero-order chi connectivity index (χ0) is 23.3. The van der Waals surface area contributed by atoms with Crippen molar-refractivity contribution >= 4 is 0 Å². The second-order valence-electron chi connectivity index (χ2n) is 11.0. The predicted molar refractivity (Wildman–Crippen MR) is 120 cm³/mol. The average Bonchev–Trinajstić information content (AvgIpc) is 3.04. The summed E-state index contributed by atoms with van der Waals surface area (Å²) in [6, 6.07) is 5.75. The fourth-order valence-corrected chi connectivity index (χ4v) is 7.87. The van der Waals surface area contributed by atoms with Gasteiger partial charge in [-0.1, -0.05) is 38.8 Å². The first-order valence-corrected chi connectivity index (χ1v) is 12.2. The number of hydrogen-bond donors (Lipinski definition) is 2. The van der Waals surface area contributed by atoms with E-state index >= 15 is 0 Å². The minimum Gasteiger partial charge on any atom is -0.508 e. The van der Waals surface area contributed by atoms with Crippen LogP contribution in [0.2, 0.25) is 0 Å². The average molecular weight is 451 g/mol. The second-order valence-corrected chi connectivity index (χ2v) is 11.0. The summed E-state index contributed by atoms with van der Waals surface area (Å²) in [6.07, 6.45) is 2.61. The Balaban J connectivity index is 1.63. The standard InChI is InChI=1S/C27H37F3O2/c1-4-26-14-13-18-15-20(31)10-11-21(18)24(26)19(7-5-6-8-23(32)27(28,29)30)16-25(3)17(2)9-12-22(25)26/h4,10-11,15,17,19,22-24,31-32H,1,5-9,12-14,16H2,2-3H3/t17-,19+,22-,23-,24-,25-,26?/m1/s1. The Morgan fingerprint density at radius 3 is 2.69 bits per heavy atom. The van der Waals surface area contributed by atoms with Gasteiger partial charge in [-0.3, -0.25) is 0 Å². The number of alkyl halides is 3. The lowest BCUT2D eigenvalue weighted by molar-refractivity contribution is -0.205. The van der Waals surface area contributed by atoms with E-state index in [0.29, 0.717) is 42.3 Å². The van der Waals surface area contributed by atoms with E-state index in [1.54, 1.807) is 6.07 Å². The number of fused-ring (bicyclic) bond motifs is 5. The molecule has 2 fully saturated rings. The molecule has 7 atom stereocenters. The molecule has 0 heterocycles. The molecule has 0 bridgehead atoms. The maximum atomic E-state index is 12.7. The fraction of sp³-hybridized carbons (Fsp3) is 0.704. The first kappa shape index (κ1) is 23.7. The van der Waals surface area contributed by atoms with Crippen molar-refractivity contribution in [3.8, 4) is 5.75 Å². The molecule has 32 heavy (non-hydrogen) atoms. The zero-order valence-corrected chi connectivity index (χ0v) is 19.3. The summed E-state index contributed by atoms with van der Waals surface area (Å²) in [4.78, 5) is 0. The summed E-state index contributed by atoms with van der Waals surface area (Å²) >= 11 is 0. The monoisotopic (exact) mass is 450 g/mol. The summed E-state index contributed by atoms with van der Waals surface area (Å²) in [5.74, 6) is 2.14. The number of aromatic hydroxyl groups is 1. The van der Waals surface area contributed by atoms with Crippen molar-refractivity contribution in [1.82, 2.24) is 0 Å². The number of hydrogen-bond acceptors (Lipinski definition) is 2. The summed E-state index contributed by atoms with van der Waals surface area (Å²) in [5, 5.41) is 19.4. The molecule has 1 aromatic rings. The van der Waals surface area contributed by atoms with Crippen LogP contribution in [0.25, 0.3) is 0 Å². The van der Waals surface area contributed by atoms with Gasteiger partial charge >= 0.3 is 6.18 Å². The van der Waals surface area contributed by atoms with Gasteiger partial charge in [-0.05, 0) is 103 Å². The number of benzene rings is 1. The fourth-order valence-electron chi connectivity index (χ4n) is 7.87. The molecule has 2 saturated carbocycles. The Bertz CT molecular complexity index is 850. The summed E-state index contributed by atoms with van der Waals surface area (Å²) in [7, 11) is 0. The number of halogens is 3. The third-order valence-corrected chi connectivity index (χ3v) is 9.56. The number of phenolic OH excluding ortho intramolecular Hbond substituents is 1. The van der Waals surface area contributed by atoms with E-state index in [1.807, 2.05) is 6.07 Å². The van der Waals surface area contributed by atoms with Crippen LogP contribution in [0.1, 0.15) is 82.3 Å². The highest BCUT2D eigenvalue weighted by molar-refractivity contribution is 5.43. The van der Waals surface area contributed by atoms with Crippen molar-refractivity contribution in [2.45, 2.75) is 89.8 Å². The van der Waals surface area contributed by atoms with Crippen LogP contribution < -0.4 is 0 Å². The number of allylic oxidation sites excluding steroid dienone is 1. The topological polar surface area (TPSA) is 40.5 Å². The van der Waals surface area contributed by atoms with Gasteiger partial charge in [0.15, 0.2) is 0 Å². The van der Waals surface area contributed by atoms with Crippen molar-refractivity contribution < 1.29 is 23.4 Å². The predicted octanol–water partition coefficient (Wildman–Crippen LogP) is 7.15. The van der Waals surface area contributed by atoms with Gasteiger partial charge in [0, 0.05) is 0 Å². The summed E-state index contributed by atoms with van der Waals surface area (Å²) in [6.45, 7) is 9.14. The highest BCUT2D eigenvalue weighted by atomic mass is 19.4. The van der Waals surface area contributed by atoms with Crippen LogP contribution in [0.15, 0.2) is 30.9 Å². The third kappa shape index (κ3) is 3.78. The SMILES string of the molecule is C=CC12CCc3cc(O)ccc3[C@H]1[C@@H](CCCC[C@@H](O)C(F)(F)F)C[C@]1(C)[C@H](C)CC[C@@H]21. The molecule has 0 amide bonds. The van der Waals surface area contributed by atoms with Gasteiger partial charge in [0.05, 0.1) is 0 Å². The lowest BCUT2D eigenvalue weighted by atomic mass is 9.43. The minimum atomic E-state index is -4.53. The first-order valence-electron chi connectivity index (χ1n) is 12.2. The molecule has 3 aliphatic carbocycles. The molecule has 178 valence electrons. The van der Waals surface area contributed by atoms with Gasteiger partial charge in [0.2, 0.25) is 0 Å². The normalized spacial score (nSPS) is 37.3. The van der Waals surface area contributed by atoms with Gasteiger partial charge in [0.1, 0.15) is 11.9 Å². The van der Waals surface area contributed by atoms with Crippen LogP contribution in [-0.4, -0.2) is 22.5 Å². The van der Waals surface area contributed by atoms with E-state index in [1.165, 1.54) is 24.0 Å². The molecular formula is C27H37F3O2. The van der Waals surface area contributed by atoms with Gasteiger partial charge in [0.25, 0.3) is 0 Å². The minimum absolute atomic E-state index is 0.00210. The number of aliphatic hydroxyl groups is 1. The van der Waals surface area contributed by atoms with E-state index in [-0.39, 0.29) is 17.3 Å². The van der Waals surface area contributed by atoms with Gasteiger partial charge in [-0.25, -0.2) is 0 Å². The Morgan fingerprint density at radius 2 is 2.00 bits per heavy atom. The highest BCUT2D eigenvalue weighted by Crippen LogP contribution is 2.71. The van der Waals surface area contributed by atoms with Crippen LogP contribution in [0.5, 0.6) is 5.75 Å². The Kier molecular flexibility index (Phi) is 6.19. The van der Waals surface area contributed by atoms with Crippen molar-refractivity contribution in [3.63, 3.8) is 0 Å². The molecule has 0 saturated heterocycles. The van der Waals surface area contributed by atoms with Crippen molar-refractivity contribution in [2.24, 2.45) is 28.6 Å². The Labute approximate surface area is 189 Å². The molecular weight excluding hydrogens is 413 g/mol. The van der Waals surface area contributed by atoms with Crippen LogP contribution in [-0.2, 0) is 6.42 Å². The molecule has 0 aromatic heterocycles. The van der Waals surface area contributed by atoms with E-state index in [9.17, 15) is 23.4 Å². The van der Waals surface area contributed by atoms with Crippen molar-refractivity contribution in [1.29, 1.82) is 0 Å². The number of aryl methyl sites for hydroxylation is 1. The molecule has 2 N–H and O–H groups in total. The van der Waals surface area contributed by atoms with Crippen LogP contribution >= 0.6 is 0 Å². The van der Waals surface area contributed by atoms with Gasteiger partial charge in [-0.15, -0.1) is 6.58 Å². The lowest BCUT2D eigenvalue weighted by Crippen LogP contribution is -2.52. The van der Waals surface area contributed by atoms with Crippen LogP contribution in [0.4, 0.5) is 13.2 Å². The number of aliphatic hydroxyl groups excluding tert-OH is 1. The molecule has 5 heteroatoms. The number of phenols is 1. The van der Waals surface area contributed by atoms with Crippen molar-refractivity contribution in [3.05, 3.63) is 42.0 Å². The molecule has 1 unspecified atom stereocenters. The molecule has 2 nitrogen and oxygen atoms in total. The number of unbranched alkanes of at least 4 members (excludes halogenated alkanes) is 1. The molecule has 0 radical (unpaired) electrons. The maximum absolute atomic E-state index is 12.7. The largest absolute Gasteiger partial charge is 0.508 e. The second kappa shape index (κ2) is 8.38. The van der Waals surface area contributed by atoms with E-state index in [0.717, 1.165) is 25.7 Å². The lowest BCUT2D eigenvalue weighted by Gasteiger charge is -2.60. The van der Waals surface area contributed by atoms with Crippen LogP contribution in [0.3, 0.4) is 0 Å². The third-order valence-electron chi connectivity index (χ3n) is 9.56. The first-order chi connectivity index (χ1) is 15.0. The Hall–Kier alpha value is -1.49. The summed E-state index contributed by atoms with van der Waals surface area (Å²) < 4.78 is 38.1. The summed E-state index contributed by atoms with van der Waals surface area (Å²) in [5.41, 5.74) is 2.73. The molecule has 3 aliphatic rings. The molecule has 0 aliphatic heterocycles. The van der Waals surface area contributed by atoms with Crippen molar-refractivity contribution in [2.75, 3.05) is 0 Å². The van der Waals surface area contributed by atoms with E-state index in [2.05, 4.69) is 32.6 Å². The quantitative estimate of drug-likeness (QED) is 0.357. The van der Waals surface area contributed by atoms with Gasteiger partial charge < -0.3 is 10.2 Å². The molecule has 0 spiro atoms. The van der Waals surface area contributed by atoms with E-state index in [4.69, 9.17) is 0 Å². The van der Waals surface area contributed by atoms with Crippen LogP contribution in [0, 0.1) is 28.6 Å². The highest BCUT2D eigenvalue weighted by Gasteiger charge is 2.62. The number of rotatable bonds is 6. The maximum Gasteiger partial charge on any atom is 0.414 e. The van der Waals surface area contributed by atoms with Gasteiger partial charge in [-0.2, -0.15) is 13.2 Å². The van der Waals surface area contributed by atoms with E-state index < -0.39 is 12.3 Å². The Morgan fingerprint density at radius 1 is 1.25 bits per heavy atom.